The van der Waals surface area contributed by atoms with Crippen molar-refractivity contribution in [2.24, 2.45) is 0 Å². The third kappa shape index (κ3) is 5.83. The van der Waals surface area contributed by atoms with Crippen molar-refractivity contribution in [1.82, 2.24) is 10.2 Å². The first-order chi connectivity index (χ1) is 16.6. The van der Waals surface area contributed by atoms with Gasteiger partial charge in [0.15, 0.2) is 15.8 Å². The van der Waals surface area contributed by atoms with Gasteiger partial charge in [0.1, 0.15) is 0 Å². The topological polar surface area (TPSA) is 102 Å². The maximum atomic E-state index is 12.5. The van der Waals surface area contributed by atoms with Crippen LogP contribution >= 0.6 is 23.1 Å². The SMILES string of the molecule is COc1ccc(NC(=O)CSc2nnc(NC(=O)Cc3cccc4ccccc34)s2)cc1OC. The molecule has 1 heterocycles. The first-order valence-corrected chi connectivity index (χ1v) is 12.1. The lowest BCUT2D eigenvalue weighted by Crippen LogP contribution is -2.14. The zero-order chi connectivity index (χ0) is 23.9. The zero-order valence-electron chi connectivity index (χ0n) is 18.5. The quantitative estimate of drug-likeness (QED) is 0.259. The zero-order valence-corrected chi connectivity index (χ0v) is 20.2. The molecule has 0 bridgehead atoms. The van der Waals surface area contributed by atoms with Gasteiger partial charge < -0.3 is 20.1 Å². The number of ether oxygens (including phenoxy) is 2. The van der Waals surface area contributed by atoms with E-state index in [2.05, 4.69) is 20.8 Å². The van der Waals surface area contributed by atoms with Gasteiger partial charge in [0.25, 0.3) is 0 Å². The molecule has 3 aromatic carbocycles. The van der Waals surface area contributed by atoms with Crippen LogP contribution in [-0.2, 0) is 16.0 Å². The third-order valence-corrected chi connectivity index (χ3v) is 6.85. The molecule has 0 atom stereocenters. The lowest BCUT2D eigenvalue weighted by molar-refractivity contribution is -0.115. The molecule has 34 heavy (non-hydrogen) atoms. The second-order valence-corrected chi connectivity index (χ2v) is 9.34. The fraction of sp³-hybridized carbons (Fsp3) is 0.167. The molecule has 0 aliphatic carbocycles. The Morgan fingerprint density at radius 1 is 0.912 bits per heavy atom. The lowest BCUT2D eigenvalue weighted by atomic mass is 10.0. The largest absolute Gasteiger partial charge is 0.493 e. The van der Waals surface area contributed by atoms with Gasteiger partial charge in [-0.25, -0.2) is 0 Å². The Labute approximate surface area is 204 Å². The Kier molecular flexibility index (Phi) is 7.61. The number of methoxy groups -OCH3 is 2. The average Bonchev–Trinajstić information content (AvgIpc) is 3.30. The van der Waals surface area contributed by atoms with Gasteiger partial charge in [0, 0.05) is 11.8 Å². The number of hydrogen-bond donors (Lipinski definition) is 2. The van der Waals surface area contributed by atoms with E-state index in [1.807, 2.05) is 42.5 Å². The molecule has 4 rings (SSSR count). The maximum absolute atomic E-state index is 12.5. The van der Waals surface area contributed by atoms with Gasteiger partial charge in [0.05, 0.1) is 26.4 Å². The first kappa shape index (κ1) is 23.5. The predicted octanol–water partition coefficient (Wildman–Crippen LogP) is 4.62. The summed E-state index contributed by atoms with van der Waals surface area (Å²) >= 11 is 2.47. The lowest BCUT2D eigenvalue weighted by Gasteiger charge is -2.10. The summed E-state index contributed by atoms with van der Waals surface area (Å²) < 4.78 is 11.0. The van der Waals surface area contributed by atoms with E-state index in [1.165, 1.54) is 30.2 Å². The number of amides is 2. The highest BCUT2D eigenvalue weighted by atomic mass is 32.2. The number of benzene rings is 3. The maximum Gasteiger partial charge on any atom is 0.234 e. The second-order valence-electron chi connectivity index (χ2n) is 7.14. The van der Waals surface area contributed by atoms with Crippen LogP contribution in [0, 0.1) is 0 Å². The normalized spacial score (nSPS) is 10.6. The van der Waals surface area contributed by atoms with Crippen LogP contribution in [-0.4, -0.2) is 42.0 Å². The Hall–Kier alpha value is -3.63. The highest BCUT2D eigenvalue weighted by molar-refractivity contribution is 8.01. The minimum absolute atomic E-state index is 0.146. The highest BCUT2D eigenvalue weighted by Gasteiger charge is 2.13. The molecule has 2 amide bonds. The fourth-order valence-electron chi connectivity index (χ4n) is 3.34. The molecule has 0 fully saturated rings. The number of nitrogens with zero attached hydrogens (tertiary/aromatic N) is 2. The molecule has 2 N–H and O–H groups in total. The van der Waals surface area contributed by atoms with Crippen molar-refractivity contribution in [2.75, 3.05) is 30.6 Å². The van der Waals surface area contributed by atoms with Gasteiger partial charge in [-0.2, -0.15) is 0 Å². The first-order valence-electron chi connectivity index (χ1n) is 10.3. The van der Waals surface area contributed by atoms with Gasteiger partial charge >= 0.3 is 0 Å². The summed E-state index contributed by atoms with van der Waals surface area (Å²) in [6.07, 6.45) is 0.233. The van der Waals surface area contributed by atoms with Crippen LogP contribution in [0.4, 0.5) is 10.8 Å². The van der Waals surface area contributed by atoms with E-state index in [0.29, 0.717) is 26.7 Å². The Morgan fingerprint density at radius 2 is 1.71 bits per heavy atom. The Balaban J connectivity index is 1.29. The van der Waals surface area contributed by atoms with E-state index in [-0.39, 0.29) is 24.0 Å². The van der Waals surface area contributed by atoms with Crippen molar-refractivity contribution in [2.45, 2.75) is 10.8 Å². The third-order valence-electron chi connectivity index (χ3n) is 4.88. The Bertz CT molecular complexity index is 1320. The van der Waals surface area contributed by atoms with Gasteiger partial charge in [-0.3, -0.25) is 9.59 Å². The van der Waals surface area contributed by atoms with Crippen LogP contribution in [0.3, 0.4) is 0 Å². The minimum atomic E-state index is -0.200. The Morgan fingerprint density at radius 3 is 2.53 bits per heavy atom. The molecule has 8 nitrogen and oxygen atoms in total. The number of carbonyl (C=O) groups excluding carboxylic acids is 2. The number of anilines is 2. The number of fused-ring (bicyclic) bond motifs is 1. The molecule has 0 aliphatic heterocycles. The molecular weight excluding hydrogens is 472 g/mol. The number of carbonyl (C=O) groups is 2. The molecule has 0 saturated heterocycles. The van der Waals surface area contributed by atoms with E-state index < -0.39 is 0 Å². The molecule has 0 radical (unpaired) electrons. The van der Waals surface area contributed by atoms with Crippen LogP contribution in [0.25, 0.3) is 10.8 Å². The van der Waals surface area contributed by atoms with Crippen molar-refractivity contribution in [1.29, 1.82) is 0 Å². The van der Waals surface area contributed by atoms with Gasteiger partial charge in [-0.05, 0) is 28.5 Å². The fourth-order valence-corrected chi connectivity index (χ4v) is 4.91. The minimum Gasteiger partial charge on any atom is -0.493 e. The summed E-state index contributed by atoms with van der Waals surface area (Å²) in [5, 5.41) is 16.2. The van der Waals surface area contributed by atoms with Crippen LogP contribution in [0.2, 0.25) is 0 Å². The summed E-state index contributed by atoms with van der Waals surface area (Å²) in [5.41, 5.74) is 1.54. The van der Waals surface area contributed by atoms with Gasteiger partial charge in [-0.15, -0.1) is 10.2 Å². The molecule has 10 heteroatoms. The van der Waals surface area contributed by atoms with Crippen LogP contribution in [0.1, 0.15) is 5.56 Å². The number of hydrogen-bond acceptors (Lipinski definition) is 8. The summed E-state index contributed by atoms with van der Waals surface area (Å²) in [4.78, 5) is 24.9. The molecule has 0 spiro atoms. The van der Waals surface area contributed by atoms with Crippen molar-refractivity contribution in [3.63, 3.8) is 0 Å². The summed E-state index contributed by atoms with van der Waals surface area (Å²) in [5.74, 6) is 0.886. The average molecular weight is 495 g/mol. The number of aromatic nitrogens is 2. The van der Waals surface area contributed by atoms with Gasteiger partial charge in [-0.1, -0.05) is 65.6 Å². The van der Waals surface area contributed by atoms with E-state index in [9.17, 15) is 9.59 Å². The predicted molar refractivity (Wildman–Crippen MR) is 135 cm³/mol. The molecule has 0 saturated carbocycles. The van der Waals surface area contributed by atoms with E-state index in [0.717, 1.165) is 16.3 Å². The molecule has 4 aromatic rings. The summed E-state index contributed by atoms with van der Waals surface area (Å²) in [6, 6.07) is 19.0. The van der Waals surface area contributed by atoms with Crippen molar-refractivity contribution < 1.29 is 19.1 Å². The van der Waals surface area contributed by atoms with E-state index >= 15 is 0 Å². The van der Waals surface area contributed by atoms with Crippen LogP contribution < -0.4 is 20.1 Å². The standard InChI is InChI=1S/C24H22N4O4S2/c1-31-19-11-10-17(13-20(19)32-2)25-22(30)14-33-24-28-27-23(34-24)26-21(29)12-16-8-5-7-15-6-3-4-9-18(15)16/h3-11,13H,12,14H2,1-2H3,(H,25,30)(H,26,27,29). The molecule has 0 aliphatic rings. The highest BCUT2D eigenvalue weighted by Crippen LogP contribution is 2.30. The second kappa shape index (κ2) is 11.0. The van der Waals surface area contributed by atoms with E-state index in [4.69, 9.17) is 9.47 Å². The van der Waals surface area contributed by atoms with Gasteiger partial charge in [0.2, 0.25) is 16.9 Å². The molecule has 1 aromatic heterocycles. The summed E-state index contributed by atoms with van der Waals surface area (Å²) in [6.45, 7) is 0. The van der Waals surface area contributed by atoms with Crippen molar-refractivity contribution in [3.8, 4) is 11.5 Å². The van der Waals surface area contributed by atoms with Crippen LogP contribution in [0.15, 0.2) is 65.0 Å². The molecule has 174 valence electrons. The van der Waals surface area contributed by atoms with Crippen molar-refractivity contribution >= 4 is 56.5 Å². The number of thioether (sulfide) groups is 1. The van der Waals surface area contributed by atoms with E-state index in [1.54, 1.807) is 25.3 Å². The smallest absolute Gasteiger partial charge is 0.234 e. The van der Waals surface area contributed by atoms with Crippen LogP contribution in [0.5, 0.6) is 11.5 Å². The number of rotatable bonds is 9. The van der Waals surface area contributed by atoms with Crippen molar-refractivity contribution in [3.05, 3.63) is 66.2 Å². The monoisotopic (exact) mass is 494 g/mol. The summed E-state index contributed by atoms with van der Waals surface area (Å²) in [7, 11) is 3.09. The number of nitrogens with one attached hydrogen (secondary N) is 2. The molecular formula is C24H22N4O4S2. The molecule has 0 unspecified atom stereocenters.